The zero-order valence-electron chi connectivity index (χ0n) is 18.1. The van der Waals surface area contributed by atoms with Crippen molar-refractivity contribution >= 4 is 35.7 Å². The summed E-state index contributed by atoms with van der Waals surface area (Å²) < 4.78 is 9.08. The van der Waals surface area contributed by atoms with Crippen molar-refractivity contribution in [1.29, 1.82) is 0 Å². The Morgan fingerprint density at radius 3 is 2.61 bits per heavy atom. The normalized spacial score (nSPS) is 17.4. The molecular formula is C20H34BrN5OSi. The maximum atomic E-state index is 6.35. The van der Waals surface area contributed by atoms with Crippen LogP contribution in [0.25, 0.3) is 5.65 Å². The van der Waals surface area contributed by atoms with Gasteiger partial charge in [0.05, 0.1) is 10.7 Å². The van der Waals surface area contributed by atoms with E-state index in [1.807, 2.05) is 12.3 Å². The number of aromatic nitrogens is 3. The molecule has 2 aromatic rings. The third kappa shape index (κ3) is 4.78. The lowest BCUT2D eigenvalue weighted by Crippen LogP contribution is -2.46. The predicted molar refractivity (Wildman–Crippen MR) is 122 cm³/mol. The van der Waals surface area contributed by atoms with Crippen LogP contribution in [-0.4, -0.2) is 67.1 Å². The molecule has 1 fully saturated rings. The molecule has 0 N–H and O–H groups in total. The van der Waals surface area contributed by atoms with Crippen molar-refractivity contribution in [3.8, 4) is 0 Å². The fourth-order valence-electron chi connectivity index (χ4n) is 3.39. The predicted octanol–water partition coefficient (Wildman–Crippen LogP) is 4.41. The summed E-state index contributed by atoms with van der Waals surface area (Å²) in [6, 6.07) is 2.57. The minimum atomic E-state index is -1.64. The summed E-state index contributed by atoms with van der Waals surface area (Å²) in [5.41, 5.74) is 0.865. The van der Waals surface area contributed by atoms with E-state index in [4.69, 9.17) is 9.41 Å². The molecule has 0 saturated carbocycles. The molecule has 0 spiro atoms. The minimum absolute atomic E-state index is 0.279. The van der Waals surface area contributed by atoms with E-state index in [0.29, 0.717) is 6.04 Å². The number of piperidine rings is 1. The first-order chi connectivity index (χ1) is 13.1. The SMILES string of the molecule is CN(c1ccn2ncc(Br)c2n1)C1CCN(CCO[Si](C)(C)C(C)(C)C)CC1. The molecule has 28 heavy (non-hydrogen) atoms. The average Bonchev–Trinajstić information content (AvgIpc) is 3.01. The second kappa shape index (κ2) is 8.42. The van der Waals surface area contributed by atoms with Crippen LogP contribution in [0.3, 0.4) is 0 Å². The van der Waals surface area contributed by atoms with Gasteiger partial charge in [-0.2, -0.15) is 5.10 Å². The molecule has 3 rings (SSSR count). The number of anilines is 1. The first-order valence-electron chi connectivity index (χ1n) is 10.2. The van der Waals surface area contributed by atoms with Crippen LogP contribution in [0.1, 0.15) is 33.6 Å². The van der Waals surface area contributed by atoms with Crippen molar-refractivity contribution < 1.29 is 4.43 Å². The van der Waals surface area contributed by atoms with Gasteiger partial charge < -0.3 is 14.2 Å². The topological polar surface area (TPSA) is 45.9 Å². The number of nitrogens with zero attached hydrogens (tertiary/aromatic N) is 5. The van der Waals surface area contributed by atoms with Crippen molar-refractivity contribution in [2.75, 3.05) is 38.2 Å². The molecule has 0 aliphatic carbocycles. The first-order valence-corrected chi connectivity index (χ1v) is 13.9. The van der Waals surface area contributed by atoms with Crippen LogP contribution in [0.5, 0.6) is 0 Å². The van der Waals surface area contributed by atoms with Gasteiger partial charge in [0, 0.05) is 45.5 Å². The highest BCUT2D eigenvalue weighted by Crippen LogP contribution is 2.36. The van der Waals surface area contributed by atoms with Gasteiger partial charge >= 0.3 is 0 Å². The lowest BCUT2D eigenvalue weighted by atomic mass is 10.0. The average molecular weight is 469 g/mol. The standard InChI is InChI=1S/C20H34BrN5OSi/c1-20(2,3)28(5,6)27-14-13-25-10-7-16(8-11-25)24(4)18-9-12-26-19(23-18)17(21)15-22-26/h9,12,15-16H,7-8,10-11,13-14H2,1-6H3. The summed E-state index contributed by atoms with van der Waals surface area (Å²) in [5, 5.41) is 4.55. The van der Waals surface area contributed by atoms with Crippen LogP contribution >= 0.6 is 15.9 Å². The molecular weight excluding hydrogens is 434 g/mol. The quantitative estimate of drug-likeness (QED) is 0.588. The maximum absolute atomic E-state index is 6.35. The summed E-state index contributed by atoms with van der Waals surface area (Å²) in [6.45, 7) is 15.7. The molecule has 0 aromatic carbocycles. The zero-order chi connectivity index (χ0) is 20.5. The van der Waals surface area contributed by atoms with Gasteiger partial charge in [-0.05, 0) is 53.0 Å². The van der Waals surface area contributed by atoms with Crippen LogP contribution in [0.2, 0.25) is 18.1 Å². The molecule has 6 nitrogen and oxygen atoms in total. The molecule has 0 unspecified atom stereocenters. The van der Waals surface area contributed by atoms with Gasteiger partial charge in [-0.25, -0.2) is 9.50 Å². The van der Waals surface area contributed by atoms with E-state index in [1.54, 1.807) is 10.7 Å². The van der Waals surface area contributed by atoms with Crippen LogP contribution < -0.4 is 4.90 Å². The number of rotatable bonds is 6. The van der Waals surface area contributed by atoms with Crippen LogP contribution in [0.4, 0.5) is 5.82 Å². The van der Waals surface area contributed by atoms with Gasteiger partial charge in [0.1, 0.15) is 5.82 Å². The number of likely N-dealkylation sites (tertiary alicyclic amines) is 1. The molecule has 0 amide bonds. The van der Waals surface area contributed by atoms with Crippen molar-refractivity contribution in [3.05, 3.63) is 22.9 Å². The Morgan fingerprint density at radius 1 is 1.29 bits per heavy atom. The van der Waals surface area contributed by atoms with Gasteiger partial charge in [0.25, 0.3) is 0 Å². The van der Waals surface area contributed by atoms with E-state index in [0.717, 1.165) is 55.0 Å². The summed E-state index contributed by atoms with van der Waals surface area (Å²) >= 11 is 3.52. The molecule has 0 radical (unpaired) electrons. The summed E-state index contributed by atoms with van der Waals surface area (Å²) in [6.07, 6.45) is 6.08. The molecule has 3 heterocycles. The molecule has 1 aliphatic heterocycles. The Morgan fingerprint density at radius 2 is 1.96 bits per heavy atom. The fourth-order valence-corrected chi connectivity index (χ4v) is 4.79. The smallest absolute Gasteiger partial charge is 0.192 e. The Labute approximate surface area is 178 Å². The van der Waals surface area contributed by atoms with Crippen molar-refractivity contribution in [2.24, 2.45) is 0 Å². The molecule has 2 aromatic heterocycles. The highest BCUT2D eigenvalue weighted by Gasteiger charge is 2.37. The van der Waals surface area contributed by atoms with Gasteiger partial charge in [-0.1, -0.05) is 20.8 Å². The number of fused-ring (bicyclic) bond motifs is 1. The second-order valence-corrected chi connectivity index (χ2v) is 15.0. The Bertz CT molecular complexity index is 795. The number of hydrogen-bond donors (Lipinski definition) is 0. The molecule has 1 saturated heterocycles. The summed E-state index contributed by atoms with van der Waals surface area (Å²) in [5.74, 6) is 1.01. The molecule has 0 bridgehead atoms. The molecule has 0 atom stereocenters. The first kappa shape index (κ1) is 21.7. The van der Waals surface area contributed by atoms with Crippen molar-refractivity contribution in [3.63, 3.8) is 0 Å². The second-order valence-electron chi connectivity index (χ2n) is 9.34. The van der Waals surface area contributed by atoms with Crippen molar-refractivity contribution in [2.45, 2.75) is 57.8 Å². The Balaban J connectivity index is 1.50. The van der Waals surface area contributed by atoms with Gasteiger partial charge in [-0.3, -0.25) is 0 Å². The molecule has 1 aliphatic rings. The van der Waals surface area contributed by atoms with Crippen LogP contribution in [-0.2, 0) is 4.43 Å². The lowest BCUT2D eigenvalue weighted by molar-refractivity contribution is 0.166. The van der Waals surface area contributed by atoms with Crippen LogP contribution in [0.15, 0.2) is 22.9 Å². The van der Waals surface area contributed by atoms with E-state index >= 15 is 0 Å². The monoisotopic (exact) mass is 467 g/mol. The van der Waals surface area contributed by atoms with E-state index in [9.17, 15) is 0 Å². The Hall–Kier alpha value is -0.963. The summed E-state index contributed by atoms with van der Waals surface area (Å²) in [7, 11) is 0.516. The third-order valence-electron chi connectivity index (χ3n) is 6.45. The van der Waals surface area contributed by atoms with Crippen molar-refractivity contribution in [1.82, 2.24) is 19.5 Å². The summed E-state index contributed by atoms with van der Waals surface area (Å²) in [4.78, 5) is 9.64. The fraction of sp³-hybridized carbons (Fsp3) is 0.700. The van der Waals surface area contributed by atoms with E-state index < -0.39 is 8.32 Å². The van der Waals surface area contributed by atoms with E-state index in [-0.39, 0.29) is 5.04 Å². The lowest BCUT2D eigenvalue weighted by Gasteiger charge is -2.39. The highest BCUT2D eigenvalue weighted by atomic mass is 79.9. The maximum Gasteiger partial charge on any atom is 0.192 e. The molecule has 156 valence electrons. The minimum Gasteiger partial charge on any atom is -0.416 e. The van der Waals surface area contributed by atoms with E-state index in [1.165, 1.54) is 0 Å². The third-order valence-corrected chi connectivity index (χ3v) is 11.6. The number of halogens is 1. The largest absolute Gasteiger partial charge is 0.416 e. The van der Waals surface area contributed by atoms with Gasteiger partial charge in [-0.15, -0.1) is 0 Å². The Kier molecular flexibility index (Phi) is 6.53. The van der Waals surface area contributed by atoms with E-state index in [2.05, 4.69) is 71.7 Å². The zero-order valence-corrected chi connectivity index (χ0v) is 20.7. The number of hydrogen-bond acceptors (Lipinski definition) is 5. The molecule has 8 heteroatoms. The van der Waals surface area contributed by atoms with Crippen LogP contribution in [0, 0.1) is 0 Å². The highest BCUT2D eigenvalue weighted by molar-refractivity contribution is 9.10. The van der Waals surface area contributed by atoms with Gasteiger partial charge in [0.15, 0.2) is 14.0 Å². The van der Waals surface area contributed by atoms with Gasteiger partial charge in [0.2, 0.25) is 0 Å².